The highest BCUT2D eigenvalue weighted by atomic mass is 79.9. The van der Waals surface area contributed by atoms with Crippen molar-refractivity contribution >= 4 is 21.8 Å². The van der Waals surface area contributed by atoms with Crippen molar-refractivity contribution in [2.24, 2.45) is 0 Å². The summed E-state index contributed by atoms with van der Waals surface area (Å²) in [7, 11) is 0. The lowest BCUT2D eigenvalue weighted by atomic mass is 10.0. The van der Waals surface area contributed by atoms with Gasteiger partial charge in [0.05, 0.1) is 12.6 Å². The molecule has 0 saturated heterocycles. The maximum absolute atomic E-state index is 12.3. The van der Waals surface area contributed by atoms with Gasteiger partial charge in [-0.2, -0.15) is 0 Å². The first-order valence-corrected chi connectivity index (χ1v) is 7.62. The molecule has 0 aliphatic carbocycles. The summed E-state index contributed by atoms with van der Waals surface area (Å²) in [6.45, 7) is 1.80. The lowest BCUT2D eigenvalue weighted by Gasteiger charge is -2.17. The Hall–Kier alpha value is -1.65. The number of aliphatic hydroxyl groups is 1. The van der Waals surface area contributed by atoms with E-state index >= 15 is 0 Å². The number of amides is 1. The van der Waals surface area contributed by atoms with E-state index in [9.17, 15) is 9.90 Å². The number of hydrogen-bond donors (Lipinski definition) is 2. The lowest BCUT2D eigenvalue weighted by molar-refractivity contribution is 0.0916. The number of carbonyl (C=O) groups excluding carboxylic acids is 1. The summed E-state index contributed by atoms with van der Waals surface area (Å²) >= 11 is 3.42. The highest BCUT2D eigenvalue weighted by molar-refractivity contribution is 9.10. The molecule has 0 aliphatic rings. The quantitative estimate of drug-likeness (QED) is 0.872. The summed E-state index contributed by atoms with van der Waals surface area (Å²) in [4.78, 5) is 12.3. The van der Waals surface area contributed by atoms with Crippen LogP contribution in [0.1, 0.15) is 21.5 Å². The van der Waals surface area contributed by atoms with Gasteiger partial charge in [-0.25, -0.2) is 0 Å². The minimum atomic E-state index is -0.293. The summed E-state index contributed by atoms with van der Waals surface area (Å²) in [5.74, 6) is -0.163. The summed E-state index contributed by atoms with van der Waals surface area (Å²) in [6, 6.07) is 15.0. The molecule has 2 aromatic carbocycles. The molecule has 2 rings (SSSR count). The van der Waals surface area contributed by atoms with Gasteiger partial charge < -0.3 is 10.4 Å². The van der Waals surface area contributed by atoms with E-state index in [1.165, 1.54) is 0 Å². The van der Waals surface area contributed by atoms with E-state index in [-0.39, 0.29) is 18.6 Å². The molecule has 0 fully saturated rings. The van der Waals surface area contributed by atoms with Gasteiger partial charge in [-0.1, -0.05) is 52.3 Å². The number of aliphatic hydroxyl groups excluding tert-OH is 1. The van der Waals surface area contributed by atoms with Crippen molar-refractivity contribution in [2.75, 3.05) is 6.61 Å². The Morgan fingerprint density at radius 2 is 1.90 bits per heavy atom. The van der Waals surface area contributed by atoms with Crippen LogP contribution in [0.2, 0.25) is 0 Å². The van der Waals surface area contributed by atoms with Crippen LogP contribution in [-0.4, -0.2) is 23.7 Å². The van der Waals surface area contributed by atoms with Gasteiger partial charge in [0.25, 0.3) is 5.91 Å². The highest BCUT2D eigenvalue weighted by Gasteiger charge is 2.16. The number of benzene rings is 2. The maximum atomic E-state index is 12.3. The number of carbonyl (C=O) groups is 1. The number of rotatable bonds is 5. The van der Waals surface area contributed by atoms with Crippen LogP contribution in [0.4, 0.5) is 0 Å². The van der Waals surface area contributed by atoms with Crippen LogP contribution in [-0.2, 0) is 6.42 Å². The van der Waals surface area contributed by atoms with Gasteiger partial charge in [-0.15, -0.1) is 0 Å². The van der Waals surface area contributed by atoms with Crippen LogP contribution in [0.15, 0.2) is 53.0 Å². The maximum Gasteiger partial charge on any atom is 0.251 e. The fraction of sp³-hybridized carbons (Fsp3) is 0.235. The number of nitrogens with one attached hydrogen (secondary N) is 1. The van der Waals surface area contributed by atoms with Gasteiger partial charge in [0.2, 0.25) is 0 Å². The molecule has 2 N–H and O–H groups in total. The van der Waals surface area contributed by atoms with E-state index in [2.05, 4.69) is 21.2 Å². The Morgan fingerprint density at radius 3 is 2.57 bits per heavy atom. The second-order valence-electron chi connectivity index (χ2n) is 4.96. The molecular formula is C17H18BrNO2. The van der Waals surface area contributed by atoms with Gasteiger partial charge in [0.1, 0.15) is 0 Å². The minimum absolute atomic E-state index is 0.0896. The summed E-state index contributed by atoms with van der Waals surface area (Å²) in [5, 5.41) is 12.4. The molecule has 4 heteroatoms. The average Bonchev–Trinajstić information content (AvgIpc) is 2.50. The Balaban J connectivity index is 2.08. The van der Waals surface area contributed by atoms with Crippen molar-refractivity contribution in [1.29, 1.82) is 0 Å². The van der Waals surface area contributed by atoms with Crippen LogP contribution in [0.25, 0.3) is 0 Å². The molecule has 1 atom stereocenters. The third kappa shape index (κ3) is 4.16. The van der Waals surface area contributed by atoms with Crippen LogP contribution in [0.3, 0.4) is 0 Å². The minimum Gasteiger partial charge on any atom is -0.394 e. The summed E-state index contributed by atoms with van der Waals surface area (Å²) in [5.41, 5.74) is 2.60. The predicted molar refractivity (Wildman–Crippen MR) is 87.4 cm³/mol. The van der Waals surface area contributed by atoms with Gasteiger partial charge in [0.15, 0.2) is 0 Å². The van der Waals surface area contributed by atoms with Crippen molar-refractivity contribution in [3.8, 4) is 0 Å². The van der Waals surface area contributed by atoms with Crippen molar-refractivity contribution in [3.63, 3.8) is 0 Å². The normalized spacial score (nSPS) is 12.0. The highest BCUT2D eigenvalue weighted by Crippen LogP contribution is 2.19. The second kappa shape index (κ2) is 7.38. The first-order valence-electron chi connectivity index (χ1n) is 6.82. The van der Waals surface area contributed by atoms with Crippen molar-refractivity contribution in [3.05, 3.63) is 69.7 Å². The number of hydrogen-bond acceptors (Lipinski definition) is 2. The molecule has 0 heterocycles. The topological polar surface area (TPSA) is 49.3 Å². The zero-order chi connectivity index (χ0) is 15.2. The molecule has 3 nitrogen and oxygen atoms in total. The Kier molecular flexibility index (Phi) is 5.53. The van der Waals surface area contributed by atoms with Crippen LogP contribution in [0, 0.1) is 6.92 Å². The third-order valence-corrected chi connectivity index (χ3v) is 4.25. The van der Waals surface area contributed by atoms with Crippen LogP contribution >= 0.6 is 15.9 Å². The van der Waals surface area contributed by atoms with Gasteiger partial charge in [-0.05, 0) is 36.6 Å². The second-order valence-corrected chi connectivity index (χ2v) is 5.81. The molecule has 0 spiro atoms. The molecule has 0 aliphatic heterocycles. The summed E-state index contributed by atoms with van der Waals surface area (Å²) < 4.78 is 0.902. The van der Waals surface area contributed by atoms with E-state index < -0.39 is 0 Å². The number of halogens is 1. The molecule has 0 radical (unpaired) electrons. The monoisotopic (exact) mass is 347 g/mol. The zero-order valence-electron chi connectivity index (χ0n) is 11.8. The zero-order valence-corrected chi connectivity index (χ0v) is 13.4. The first-order chi connectivity index (χ1) is 10.1. The molecular weight excluding hydrogens is 330 g/mol. The predicted octanol–water partition coefficient (Wildman–Crippen LogP) is 3.09. The molecule has 2 aromatic rings. The third-order valence-electron chi connectivity index (χ3n) is 3.39. The van der Waals surface area contributed by atoms with E-state index in [4.69, 9.17) is 0 Å². The standard InChI is InChI=1S/C17H18BrNO2/c1-12-15(8-5-9-16(12)18)17(21)19-14(11-20)10-13-6-3-2-4-7-13/h2-9,14,20H,10-11H2,1H3,(H,19,21)/t14-/m0/s1. The first kappa shape index (κ1) is 15.7. The summed E-state index contributed by atoms with van der Waals surface area (Å²) in [6.07, 6.45) is 0.607. The smallest absolute Gasteiger partial charge is 0.251 e. The van der Waals surface area contributed by atoms with Crippen molar-refractivity contribution in [1.82, 2.24) is 5.32 Å². The largest absolute Gasteiger partial charge is 0.394 e. The van der Waals surface area contributed by atoms with E-state index in [1.807, 2.05) is 49.4 Å². The van der Waals surface area contributed by atoms with Crippen LogP contribution < -0.4 is 5.32 Å². The average molecular weight is 348 g/mol. The Bertz CT molecular complexity index is 613. The Labute approximate surface area is 133 Å². The van der Waals surface area contributed by atoms with Gasteiger partial charge in [0, 0.05) is 10.0 Å². The molecule has 0 aromatic heterocycles. The fourth-order valence-electron chi connectivity index (χ4n) is 2.18. The SMILES string of the molecule is Cc1c(Br)cccc1C(=O)N[C@H](CO)Cc1ccccc1. The van der Waals surface area contributed by atoms with E-state index in [0.29, 0.717) is 12.0 Å². The molecule has 0 bridgehead atoms. The van der Waals surface area contributed by atoms with E-state index in [1.54, 1.807) is 6.07 Å². The van der Waals surface area contributed by atoms with E-state index in [0.717, 1.165) is 15.6 Å². The molecule has 110 valence electrons. The van der Waals surface area contributed by atoms with Crippen molar-refractivity contribution in [2.45, 2.75) is 19.4 Å². The fourth-order valence-corrected chi connectivity index (χ4v) is 2.54. The molecule has 0 saturated carbocycles. The van der Waals surface area contributed by atoms with Crippen molar-refractivity contribution < 1.29 is 9.90 Å². The molecule has 1 amide bonds. The van der Waals surface area contributed by atoms with Gasteiger partial charge >= 0.3 is 0 Å². The molecule has 21 heavy (non-hydrogen) atoms. The molecule has 0 unspecified atom stereocenters. The lowest BCUT2D eigenvalue weighted by Crippen LogP contribution is -2.39. The van der Waals surface area contributed by atoms with Crippen LogP contribution in [0.5, 0.6) is 0 Å². The van der Waals surface area contributed by atoms with Gasteiger partial charge in [-0.3, -0.25) is 4.79 Å². The Morgan fingerprint density at radius 1 is 1.19 bits per heavy atom.